The number of nitrogens with one attached hydrogen (secondary N) is 1. The first-order valence-corrected chi connectivity index (χ1v) is 8.81. The average molecular weight is 269 g/mol. The van der Waals surface area contributed by atoms with Crippen molar-refractivity contribution in [3.63, 3.8) is 0 Å². The molecule has 0 aromatic carbocycles. The molecular weight excluding hydrogens is 234 g/mol. The van der Waals surface area contributed by atoms with E-state index in [0.29, 0.717) is 0 Å². The summed E-state index contributed by atoms with van der Waals surface area (Å²) in [5, 5.41) is 13.0. The fourth-order valence-electron chi connectivity index (χ4n) is 2.95. The molecule has 0 radical (unpaired) electrons. The Balaban J connectivity index is 2.08. The quantitative estimate of drug-likeness (QED) is 0.664. The van der Waals surface area contributed by atoms with E-state index in [0.717, 1.165) is 13.0 Å². The van der Waals surface area contributed by atoms with Crippen molar-refractivity contribution >= 4 is 0 Å². The van der Waals surface area contributed by atoms with Crippen LogP contribution in [-0.4, -0.2) is 17.9 Å². The van der Waals surface area contributed by atoms with E-state index < -0.39 is 0 Å². The van der Waals surface area contributed by atoms with Crippen molar-refractivity contribution < 1.29 is 5.11 Å². The van der Waals surface area contributed by atoms with E-state index in [-0.39, 0.29) is 6.23 Å². The van der Waals surface area contributed by atoms with Crippen LogP contribution in [0, 0.1) is 0 Å². The summed E-state index contributed by atoms with van der Waals surface area (Å²) in [4.78, 5) is 0. The molecule has 1 saturated heterocycles. The number of aliphatic hydroxyl groups excluding tert-OH is 1. The maximum atomic E-state index is 9.79. The highest BCUT2D eigenvalue weighted by Gasteiger charge is 2.02. The Morgan fingerprint density at radius 1 is 0.526 bits per heavy atom. The van der Waals surface area contributed by atoms with Crippen molar-refractivity contribution in [1.29, 1.82) is 0 Å². The monoisotopic (exact) mass is 269 g/mol. The number of rotatable bonds is 0. The largest absolute Gasteiger partial charge is 0.379 e. The van der Waals surface area contributed by atoms with Crippen LogP contribution >= 0.6 is 0 Å². The fourth-order valence-corrected chi connectivity index (χ4v) is 2.95. The zero-order valence-electron chi connectivity index (χ0n) is 12.8. The van der Waals surface area contributed by atoms with Gasteiger partial charge in [0.05, 0.1) is 0 Å². The van der Waals surface area contributed by atoms with Gasteiger partial charge >= 0.3 is 0 Å². The summed E-state index contributed by atoms with van der Waals surface area (Å²) >= 11 is 0. The molecule has 0 aromatic heterocycles. The van der Waals surface area contributed by atoms with Crippen LogP contribution in [0.15, 0.2) is 0 Å². The molecule has 1 aliphatic heterocycles. The van der Waals surface area contributed by atoms with Crippen LogP contribution in [0.3, 0.4) is 0 Å². The topological polar surface area (TPSA) is 32.3 Å². The predicted molar refractivity (Wildman–Crippen MR) is 83.3 cm³/mol. The molecule has 1 rings (SSSR count). The maximum Gasteiger partial charge on any atom is 0.104 e. The second kappa shape index (κ2) is 12.9. The van der Waals surface area contributed by atoms with Gasteiger partial charge in [0.1, 0.15) is 6.23 Å². The lowest BCUT2D eigenvalue weighted by molar-refractivity contribution is 0.124. The summed E-state index contributed by atoms with van der Waals surface area (Å²) in [6.07, 6.45) is 19.8. The van der Waals surface area contributed by atoms with Gasteiger partial charge in [-0.25, -0.2) is 0 Å². The van der Waals surface area contributed by atoms with Crippen molar-refractivity contribution in [1.82, 2.24) is 5.32 Å². The van der Waals surface area contributed by atoms with Crippen LogP contribution < -0.4 is 5.32 Å². The lowest BCUT2D eigenvalue weighted by Gasteiger charge is -2.12. The Morgan fingerprint density at radius 3 is 1.37 bits per heavy atom. The second-order valence-corrected chi connectivity index (χ2v) is 6.21. The minimum atomic E-state index is -0.265. The number of aliphatic hydroxyl groups is 1. The molecule has 114 valence electrons. The van der Waals surface area contributed by atoms with Crippen LogP contribution in [0.1, 0.15) is 96.3 Å². The highest BCUT2D eigenvalue weighted by atomic mass is 16.3. The van der Waals surface area contributed by atoms with Gasteiger partial charge in [-0.2, -0.15) is 0 Å². The van der Waals surface area contributed by atoms with E-state index in [4.69, 9.17) is 0 Å². The third-order valence-electron chi connectivity index (χ3n) is 4.28. The summed E-state index contributed by atoms with van der Waals surface area (Å²) in [6.45, 7) is 0.987. The molecule has 0 bridgehead atoms. The van der Waals surface area contributed by atoms with E-state index >= 15 is 0 Å². The van der Waals surface area contributed by atoms with Gasteiger partial charge in [-0.3, -0.25) is 5.32 Å². The molecular formula is C17H35NO. The SMILES string of the molecule is O[C@@H]1CCCCCCCCCCCCCCCCN1. The van der Waals surface area contributed by atoms with Crippen LogP contribution in [0.25, 0.3) is 0 Å². The average Bonchev–Trinajstić information content (AvgIpc) is 2.41. The molecule has 19 heavy (non-hydrogen) atoms. The fraction of sp³-hybridized carbons (Fsp3) is 1.00. The minimum Gasteiger partial charge on any atom is -0.379 e. The Morgan fingerprint density at radius 2 is 0.895 bits per heavy atom. The van der Waals surface area contributed by atoms with Crippen LogP contribution in [0.5, 0.6) is 0 Å². The normalized spacial score (nSPS) is 27.3. The molecule has 0 spiro atoms. The van der Waals surface area contributed by atoms with Gasteiger partial charge in [0.2, 0.25) is 0 Å². The van der Waals surface area contributed by atoms with Gasteiger partial charge in [0.25, 0.3) is 0 Å². The summed E-state index contributed by atoms with van der Waals surface area (Å²) in [7, 11) is 0. The van der Waals surface area contributed by atoms with E-state index in [2.05, 4.69) is 5.32 Å². The van der Waals surface area contributed by atoms with Crippen molar-refractivity contribution in [3.8, 4) is 0 Å². The zero-order valence-corrected chi connectivity index (χ0v) is 12.8. The number of hydrogen-bond donors (Lipinski definition) is 2. The predicted octanol–water partition coefficient (Wildman–Crippen LogP) is 4.76. The van der Waals surface area contributed by atoms with Gasteiger partial charge in [0.15, 0.2) is 0 Å². The lowest BCUT2D eigenvalue weighted by atomic mass is 10.0. The van der Waals surface area contributed by atoms with Gasteiger partial charge < -0.3 is 5.11 Å². The molecule has 0 unspecified atom stereocenters. The molecule has 0 aromatic rings. The minimum absolute atomic E-state index is 0.265. The van der Waals surface area contributed by atoms with Crippen LogP contribution in [0.2, 0.25) is 0 Å². The molecule has 0 saturated carbocycles. The van der Waals surface area contributed by atoms with Crippen molar-refractivity contribution in [3.05, 3.63) is 0 Å². The first-order chi connectivity index (χ1) is 9.39. The molecule has 2 nitrogen and oxygen atoms in total. The van der Waals surface area contributed by atoms with E-state index in [1.807, 2.05) is 0 Å². The Kier molecular flexibility index (Phi) is 11.5. The van der Waals surface area contributed by atoms with Crippen molar-refractivity contribution in [2.75, 3.05) is 6.54 Å². The summed E-state index contributed by atoms with van der Waals surface area (Å²) in [5.41, 5.74) is 0. The smallest absolute Gasteiger partial charge is 0.104 e. The molecule has 1 atom stereocenters. The van der Waals surface area contributed by atoms with Crippen molar-refractivity contribution in [2.24, 2.45) is 0 Å². The van der Waals surface area contributed by atoms with Gasteiger partial charge in [-0.1, -0.05) is 77.0 Å². The van der Waals surface area contributed by atoms with Gasteiger partial charge in [-0.15, -0.1) is 0 Å². The Hall–Kier alpha value is -0.0800. The van der Waals surface area contributed by atoms with Crippen molar-refractivity contribution in [2.45, 2.75) is 103 Å². The highest BCUT2D eigenvalue weighted by Crippen LogP contribution is 2.14. The third-order valence-corrected chi connectivity index (χ3v) is 4.28. The van der Waals surface area contributed by atoms with E-state index in [1.54, 1.807) is 0 Å². The van der Waals surface area contributed by atoms with Crippen LogP contribution in [-0.2, 0) is 0 Å². The molecule has 2 N–H and O–H groups in total. The maximum absolute atomic E-state index is 9.79. The van der Waals surface area contributed by atoms with Gasteiger partial charge in [0, 0.05) is 0 Å². The second-order valence-electron chi connectivity index (χ2n) is 6.21. The van der Waals surface area contributed by atoms with E-state index in [1.165, 1.54) is 89.9 Å². The Bertz CT molecular complexity index is 166. The molecule has 0 amide bonds. The highest BCUT2D eigenvalue weighted by molar-refractivity contribution is 4.56. The van der Waals surface area contributed by atoms with Gasteiger partial charge in [-0.05, 0) is 25.8 Å². The van der Waals surface area contributed by atoms with E-state index in [9.17, 15) is 5.11 Å². The first kappa shape index (κ1) is 17.0. The zero-order chi connectivity index (χ0) is 13.6. The Labute approximate surface area is 120 Å². The number of hydrogen-bond acceptors (Lipinski definition) is 2. The summed E-state index contributed by atoms with van der Waals surface area (Å²) in [6, 6.07) is 0. The first-order valence-electron chi connectivity index (χ1n) is 8.81. The molecule has 0 aliphatic carbocycles. The molecule has 1 fully saturated rings. The summed E-state index contributed by atoms with van der Waals surface area (Å²) in [5.74, 6) is 0. The van der Waals surface area contributed by atoms with Crippen LogP contribution in [0.4, 0.5) is 0 Å². The molecule has 2 heteroatoms. The lowest BCUT2D eigenvalue weighted by Crippen LogP contribution is -2.29. The summed E-state index contributed by atoms with van der Waals surface area (Å²) < 4.78 is 0. The standard InChI is InChI=1S/C17H35NO/c19-17-15-13-11-9-7-5-3-1-2-4-6-8-10-12-14-16-18-17/h17-19H,1-16H2/t17-/m1/s1. The third kappa shape index (κ3) is 11.4. The molecule has 1 heterocycles. The molecule has 1 aliphatic rings.